The van der Waals surface area contributed by atoms with Crippen LogP contribution < -0.4 is 5.32 Å². The second-order valence-electron chi connectivity index (χ2n) is 3.90. The standard InChI is InChI=1S/C4H10N2O2.C4H9NO/c1-4(2,3)6(8)5-7;1-3-6-4-2-5-1/h7H,1-3H3;5H,1-4H2/b6-5-;. The Bertz CT molecular complexity index is 162. The van der Waals surface area contributed by atoms with Crippen LogP contribution in [0.15, 0.2) is 5.28 Å². The molecule has 6 heteroatoms. The fourth-order valence-electron chi connectivity index (χ4n) is 0.650. The van der Waals surface area contributed by atoms with Gasteiger partial charge in [0.2, 0.25) is 0 Å². The second kappa shape index (κ2) is 6.56. The molecule has 0 aromatic carbocycles. The van der Waals surface area contributed by atoms with Crippen LogP contribution in [0.25, 0.3) is 0 Å². The topological polar surface area (TPSA) is 79.9 Å². The van der Waals surface area contributed by atoms with Crippen molar-refractivity contribution in [3.8, 4) is 0 Å². The Kier molecular flexibility index (Phi) is 6.14. The van der Waals surface area contributed by atoms with Gasteiger partial charge >= 0.3 is 0 Å². The van der Waals surface area contributed by atoms with E-state index in [1.165, 1.54) is 0 Å². The van der Waals surface area contributed by atoms with Gasteiger partial charge in [0, 0.05) is 33.9 Å². The Hall–Kier alpha value is -0.880. The molecule has 0 aliphatic carbocycles. The quantitative estimate of drug-likeness (QED) is 0.347. The molecule has 0 bridgehead atoms. The molecule has 14 heavy (non-hydrogen) atoms. The molecular weight excluding hydrogens is 186 g/mol. The minimum Gasteiger partial charge on any atom is -0.597 e. The van der Waals surface area contributed by atoms with E-state index >= 15 is 0 Å². The zero-order valence-corrected chi connectivity index (χ0v) is 8.99. The first-order valence-corrected chi connectivity index (χ1v) is 4.59. The maximum atomic E-state index is 10.3. The van der Waals surface area contributed by atoms with Gasteiger partial charge in [-0.15, -0.1) is 0 Å². The van der Waals surface area contributed by atoms with E-state index in [1.807, 2.05) is 0 Å². The zero-order valence-electron chi connectivity index (χ0n) is 8.99. The van der Waals surface area contributed by atoms with Crippen LogP contribution in [0.3, 0.4) is 0 Å². The van der Waals surface area contributed by atoms with Gasteiger partial charge in [0.1, 0.15) is 0 Å². The van der Waals surface area contributed by atoms with Crippen molar-refractivity contribution >= 4 is 0 Å². The lowest BCUT2D eigenvalue weighted by atomic mass is 10.1. The van der Waals surface area contributed by atoms with Crippen molar-refractivity contribution in [1.29, 1.82) is 0 Å². The predicted octanol–water partition coefficient (Wildman–Crippen LogP) is 0.743. The number of nitrogens with zero attached hydrogens (tertiary/aromatic N) is 2. The molecule has 1 aliphatic rings. The van der Waals surface area contributed by atoms with Crippen LogP contribution in [0.1, 0.15) is 20.8 Å². The molecule has 0 aromatic heterocycles. The molecule has 6 nitrogen and oxygen atoms in total. The minimum absolute atomic E-state index is 0.243. The first-order valence-electron chi connectivity index (χ1n) is 4.59. The fourth-order valence-corrected chi connectivity index (χ4v) is 0.650. The lowest BCUT2D eigenvalue weighted by Gasteiger charge is -2.11. The van der Waals surface area contributed by atoms with E-state index < -0.39 is 5.54 Å². The highest BCUT2D eigenvalue weighted by Gasteiger charge is 2.20. The molecule has 1 rings (SSSR count). The van der Waals surface area contributed by atoms with E-state index in [4.69, 9.17) is 9.94 Å². The van der Waals surface area contributed by atoms with E-state index in [1.54, 1.807) is 20.8 Å². The van der Waals surface area contributed by atoms with E-state index in [-0.39, 0.29) is 4.86 Å². The molecular formula is C8H19N3O3. The Morgan fingerprint density at radius 3 is 1.93 bits per heavy atom. The van der Waals surface area contributed by atoms with E-state index in [9.17, 15) is 5.21 Å². The van der Waals surface area contributed by atoms with Gasteiger partial charge in [-0.05, 0) is 0 Å². The molecule has 2 N–H and O–H groups in total. The third-order valence-corrected chi connectivity index (χ3v) is 1.50. The van der Waals surface area contributed by atoms with Crippen molar-refractivity contribution in [2.24, 2.45) is 5.28 Å². The first kappa shape index (κ1) is 13.1. The highest BCUT2D eigenvalue weighted by Crippen LogP contribution is 2.04. The van der Waals surface area contributed by atoms with Gasteiger partial charge in [-0.25, -0.2) is 0 Å². The van der Waals surface area contributed by atoms with Crippen LogP contribution in [0.5, 0.6) is 0 Å². The minimum atomic E-state index is -0.630. The molecule has 1 heterocycles. The van der Waals surface area contributed by atoms with Crippen LogP contribution in [-0.4, -0.2) is 41.9 Å². The van der Waals surface area contributed by atoms with Crippen molar-refractivity contribution in [2.45, 2.75) is 26.3 Å². The van der Waals surface area contributed by atoms with Gasteiger partial charge in [0.25, 0.3) is 0 Å². The monoisotopic (exact) mass is 205 g/mol. The summed E-state index contributed by atoms with van der Waals surface area (Å²) < 4.78 is 5.01. The van der Waals surface area contributed by atoms with Crippen LogP contribution in [0, 0.1) is 5.21 Å². The number of rotatable bonds is 0. The molecule has 0 saturated carbocycles. The molecule has 0 aromatic rings. The van der Waals surface area contributed by atoms with E-state index in [0.717, 1.165) is 26.3 Å². The number of hydrogen-bond acceptors (Lipinski definition) is 4. The van der Waals surface area contributed by atoms with Gasteiger partial charge in [-0.3, -0.25) is 0 Å². The molecule has 1 saturated heterocycles. The highest BCUT2D eigenvalue weighted by atomic mass is 16.6. The predicted molar refractivity (Wildman–Crippen MR) is 51.3 cm³/mol. The maximum absolute atomic E-state index is 10.3. The van der Waals surface area contributed by atoms with Crippen LogP contribution >= 0.6 is 0 Å². The van der Waals surface area contributed by atoms with Gasteiger partial charge in [0.15, 0.2) is 10.8 Å². The summed E-state index contributed by atoms with van der Waals surface area (Å²) in [6.45, 7) is 8.79. The Balaban J connectivity index is 0.000000249. The van der Waals surface area contributed by atoms with Gasteiger partial charge < -0.3 is 20.5 Å². The number of nitrogens with one attached hydrogen (secondary N) is 1. The molecule has 84 valence electrons. The Labute approximate surface area is 84.1 Å². The Morgan fingerprint density at radius 2 is 1.86 bits per heavy atom. The van der Waals surface area contributed by atoms with E-state index in [0.29, 0.717) is 0 Å². The summed E-state index contributed by atoms with van der Waals surface area (Å²) in [7, 11) is 0. The van der Waals surface area contributed by atoms with Crippen LogP contribution in [0.2, 0.25) is 0 Å². The average Bonchev–Trinajstić information content (AvgIpc) is 2.19. The van der Waals surface area contributed by atoms with Crippen molar-refractivity contribution in [2.75, 3.05) is 26.3 Å². The van der Waals surface area contributed by atoms with E-state index in [2.05, 4.69) is 10.6 Å². The third-order valence-electron chi connectivity index (χ3n) is 1.50. The first-order chi connectivity index (χ1) is 6.48. The molecule has 0 amide bonds. The number of ether oxygens (including phenoxy) is 1. The van der Waals surface area contributed by atoms with Crippen molar-refractivity contribution in [3.05, 3.63) is 5.21 Å². The Morgan fingerprint density at radius 1 is 1.36 bits per heavy atom. The van der Waals surface area contributed by atoms with Gasteiger partial charge in [0.05, 0.1) is 13.2 Å². The number of hydroxylamine groups is 1. The normalized spacial score (nSPS) is 18.4. The number of hydrogen-bond donors (Lipinski definition) is 2. The van der Waals surface area contributed by atoms with Crippen molar-refractivity contribution in [1.82, 2.24) is 5.32 Å². The van der Waals surface area contributed by atoms with Crippen molar-refractivity contribution in [3.63, 3.8) is 0 Å². The molecule has 1 aliphatic heterocycles. The molecule has 1 fully saturated rings. The third kappa shape index (κ3) is 6.62. The molecule has 0 atom stereocenters. The second-order valence-corrected chi connectivity index (χ2v) is 3.90. The molecule has 0 unspecified atom stereocenters. The van der Waals surface area contributed by atoms with Gasteiger partial charge in [-0.2, -0.15) is 0 Å². The average molecular weight is 205 g/mol. The van der Waals surface area contributed by atoms with Crippen LogP contribution in [0.4, 0.5) is 0 Å². The lowest BCUT2D eigenvalue weighted by molar-refractivity contribution is -0.620. The summed E-state index contributed by atoms with van der Waals surface area (Å²) in [6.07, 6.45) is 0. The summed E-state index contributed by atoms with van der Waals surface area (Å²) in [4.78, 5) is 0.243. The smallest absolute Gasteiger partial charge is 0.197 e. The number of morpholine rings is 1. The van der Waals surface area contributed by atoms with Crippen molar-refractivity contribution < 1.29 is 14.8 Å². The largest absolute Gasteiger partial charge is 0.597 e. The lowest BCUT2D eigenvalue weighted by Crippen LogP contribution is -2.30. The van der Waals surface area contributed by atoms with Gasteiger partial charge in [-0.1, -0.05) is 4.86 Å². The SMILES string of the molecule is C1COCCN1.CC(C)(C)/[N+]([O-])=N/O. The summed E-state index contributed by atoms with van der Waals surface area (Å²) in [5, 5.41) is 23.8. The summed E-state index contributed by atoms with van der Waals surface area (Å²) in [5.74, 6) is 0. The fraction of sp³-hybridized carbons (Fsp3) is 1.00. The highest BCUT2D eigenvalue weighted by molar-refractivity contribution is 4.53. The summed E-state index contributed by atoms with van der Waals surface area (Å²) >= 11 is 0. The summed E-state index contributed by atoms with van der Waals surface area (Å²) in [6, 6.07) is 0. The summed E-state index contributed by atoms with van der Waals surface area (Å²) in [5.41, 5.74) is -0.630. The van der Waals surface area contributed by atoms with Crippen LogP contribution in [-0.2, 0) is 4.74 Å². The molecule has 0 radical (unpaired) electrons. The maximum Gasteiger partial charge on any atom is 0.197 e. The zero-order chi connectivity index (χ0) is 11.0. The molecule has 0 spiro atoms.